The van der Waals surface area contributed by atoms with Gasteiger partial charge in [-0.1, -0.05) is 0 Å². The zero-order valence-electron chi connectivity index (χ0n) is 8.03. The topological polar surface area (TPSA) is 39.1 Å². The van der Waals surface area contributed by atoms with Crippen LogP contribution in [0.25, 0.3) is 0 Å². The minimum Gasteiger partial charge on any atom is -0.368 e. The van der Waals surface area contributed by atoms with Gasteiger partial charge in [0.2, 0.25) is 0 Å². The molecule has 0 saturated carbocycles. The minimum absolute atomic E-state index is 0.164. The molecule has 0 bridgehead atoms. The lowest BCUT2D eigenvalue weighted by molar-refractivity contribution is -0.0287. The van der Waals surface area contributed by atoms with Crippen molar-refractivity contribution in [2.45, 2.75) is 19.1 Å². The number of ether oxygens (including phenoxy) is 1. The van der Waals surface area contributed by atoms with Gasteiger partial charge in [0.05, 0.1) is 18.4 Å². The highest BCUT2D eigenvalue weighted by Crippen LogP contribution is 2.19. The predicted octanol–water partition coefficient (Wildman–Crippen LogP) is 0.469. The summed E-state index contributed by atoms with van der Waals surface area (Å²) in [5.41, 5.74) is 1.15. The Morgan fingerprint density at radius 2 is 2.46 bits per heavy atom. The van der Waals surface area contributed by atoms with Crippen molar-refractivity contribution < 1.29 is 4.74 Å². The molecule has 1 aromatic rings. The highest BCUT2D eigenvalue weighted by atomic mass is 16.5. The molecule has 2 unspecified atom stereocenters. The first-order chi connectivity index (χ1) is 6.25. The summed E-state index contributed by atoms with van der Waals surface area (Å²) in [6.45, 7) is 3.91. The molecule has 1 aliphatic rings. The molecule has 0 aromatic carbocycles. The Morgan fingerprint density at radius 3 is 3.08 bits per heavy atom. The predicted molar refractivity (Wildman–Crippen MR) is 49.4 cm³/mol. The van der Waals surface area contributed by atoms with Gasteiger partial charge in [-0.15, -0.1) is 0 Å². The van der Waals surface area contributed by atoms with Crippen molar-refractivity contribution in [2.24, 2.45) is 7.05 Å². The SMILES string of the molecule is CC1CNCC(c2cnn(C)c2)O1. The molecule has 72 valence electrons. The van der Waals surface area contributed by atoms with Gasteiger partial charge in [0.15, 0.2) is 0 Å². The molecule has 13 heavy (non-hydrogen) atoms. The fourth-order valence-electron chi connectivity index (χ4n) is 1.60. The van der Waals surface area contributed by atoms with Gasteiger partial charge in [0.25, 0.3) is 0 Å². The Balaban J connectivity index is 2.08. The Labute approximate surface area is 77.9 Å². The van der Waals surface area contributed by atoms with Gasteiger partial charge in [0, 0.05) is 31.9 Å². The Kier molecular flexibility index (Phi) is 2.33. The smallest absolute Gasteiger partial charge is 0.0983 e. The van der Waals surface area contributed by atoms with Gasteiger partial charge in [0.1, 0.15) is 0 Å². The van der Waals surface area contributed by atoms with Crippen LogP contribution in [0.3, 0.4) is 0 Å². The molecule has 0 radical (unpaired) electrons. The van der Waals surface area contributed by atoms with E-state index in [0.717, 1.165) is 18.7 Å². The minimum atomic E-state index is 0.164. The molecule has 1 fully saturated rings. The van der Waals surface area contributed by atoms with Crippen LogP contribution in [0.1, 0.15) is 18.6 Å². The number of aryl methyl sites for hydroxylation is 1. The first-order valence-corrected chi connectivity index (χ1v) is 4.60. The van der Waals surface area contributed by atoms with Crippen LogP contribution in [0.2, 0.25) is 0 Å². The Morgan fingerprint density at radius 1 is 1.62 bits per heavy atom. The molecule has 0 amide bonds. The quantitative estimate of drug-likeness (QED) is 0.684. The average Bonchev–Trinajstić information content (AvgIpc) is 2.52. The van der Waals surface area contributed by atoms with E-state index in [1.807, 2.05) is 19.4 Å². The largest absolute Gasteiger partial charge is 0.368 e. The van der Waals surface area contributed by atoms with Crippen LogP contribution in [0.5, 0.6) is 0 Å². The van der Waals surface area contributed by atoms with Crippen LogP contribution in [0, 0.1) is 0 Å². The molecule has 0 spiro atoms. The zero-order chi connectivity index (χ0) is 9.26. The first kappa shape index (κ1) is 8.72. The summed E-state index contributed by atoms with van der Waals surface area (Å²) >= 11 is 0. The third-order valence-corrected chi connectivity index (χ3v) is 2.25. The van der Waals surface area contributed by atoms with Crippen molar-refractivity contribution >= 4 is 0 Å². The molecular formula is C9H15N3O. The fourth-order valence-corrected chi connectivity index (χ4v) is 1.60. The summed E-state index contributed by atoms with van der Waals surface area (Å²) in [6.07, 6.45) is 4.32. The van der Waals surface area contributed by atoms with E-state index in [-0.39, 0.29) is 6.10 Å². The molecule has 4 nitrogen and oxygen atoms in total. The number of morpholine rings is 1. The second-order valence-electron chi connectivity index (χ2n) is 3.54. The molecule has 0 aliphatic carbocycles. The molecule has 4 heteroatoms. The normalized spacial score (nSPS) is 29.1. The van der Waals surface area contributed by atoms with Crippen molar-refractivity contribution in [1.29, 1.82) is 0 Å². The van der Waals surface area contributed by atoms with E-state index in [0.29, 0.717) is 6.10 Å². The lowest BCUT2D eigenvalue weighted by Gasteiger charge is -2.27. The molecule has 2 atom stereocenters. The number of hydrogen-bond acceptors (Lipinski definition) is 3. The number of rotatable bonds is 1. The van der Waals surface area contributed by atoms with Crippen molar-refractivity contribution in [1.82, 2.24) is 15.1 Å². The number of hydrogen-bond donors (Lipinski definition) is 1. The third kappa shape index (κ3) is 1.89. The standard InChI is InChI=1S/C9H15N3O/c1-7-3-10-5-9(13-7)8-4-11-12(2)6-8/h4,6-7,9-10H,3,5H2,1-2H3. The molecule has 1 aromatic heterocycles. The second kappa shape index (κ2) is 3.47. The van der Waals surface area contributed by atoms with E-state index in [1.54, 1.807) is 4.68 Å². The molecule has 2 heterocycles. The summed E-state index contributed by atoms with van der Waals surface area (Å²) in [5, 5.41) is 7.46. The Hall–Kier alpha value is -0.870. The molecule has 1 aliphatic heterocycles. The van der Waals surface area contributed by atoms with Crippen molar-refractivity contribution in [3.8, 4) is 0 Å². The van der Waals surface area contributed by atoms with Gasteiger partial charge >= 0.3 is 0 Å². The van der Waals surface area contributed by atoms with E-state index in [4.69, 9.17) is 4.74 Å². The van der Waals surface area contributed by atoms with Crippen LogP contribution in [0.15, 0.2) is 12.4 Å². The highest BCUT2D eigenvalue weighted by Gasteiger charge is 2.20. The Bertz CT molecular complexity index is 284. The van der Waals surface area contributed by atoms with Crippen molar-refractivity contribution in [2.75, 3.05) is 13.1 Å². The van der Waals surface area contributed by atoms with E-state index >= 15 is 0 Å². The average molecular weight is 181 g/mol. The van der Waals surface area contributed by atoms with Crippen molar-refractivity contribution in [3.63, 3.8) is 0 Å². The van der Waals surface area contributed by atoms with Gasteiger partial charge < -0.3 is 10.1 Å². The number of nitrogens with one attached hydrogen (secondary N) is 1. The van der Waals surface area contributed by atoms with Crippen LogP contribution in [0.4, 0.5) is 0 Å². The fraction of sp³-hybridized carbons (Fsp3) is 0.667. The summed E-state index contributed by atoms with van der Waals surface area (Å²) in [4.78, 5) is 0. The molecule has 1 saturated heterocycles. The maximum absolute atomic E-state index is 5.77. The molecular weight excluding hydrogens is 166 g/mol. The zero-order valence-corrected chi connectivity index (χ0v) is 8.03. The first-order valence-electron chi connectivity index (χ1n) is 4.60. The number of nitrogens with zero attached hydrogens (tertiary/aromatic N) is 2. The van der Waals surface area contributed by atoms with Crippen LogP contribution in [-0.4, -0.2) is 29.0 Å². The van der Waals surface area contributed by atoms with Crippen LogP contribution >= 0.6 is 0 Å². The monoisotopic (exact) mass is 181 g/mol. The van der Waals surface area contributed by atoms with E-state index in [2.05, 4.69) is 17.3 Å². The van der Waals surface area contributed by atoms with Crippen molar-refractivity contribution in [3.05, 3.63) is 18.0 Å². The lowest BCUT2D eigenvalue weighted by atomic mass is 10.1. The van der Waals surface area contributed by atoms with E-state index < -0.39 is 0 Å². The second-order valence-corrected chi connectivity index (χ2v) is 3.54. The van der Waals surface area contributed by atoms with E-state index in [9.17, 15) is 0 Å². The summed E-state index contributed by atoms with van der Waals surface area (Å²) in [6, 6.07) is 0. The van der Waals surface area contributed by atoms with E-state index in [1.165, 1.54) is 0 Å². The third-order valence-electron chi connectivity index (χ3n) is 2.25. The summed E-state index contributed by atoms with van der Waals surface area (Å²) in [5.74, 6) is 0. The maximum Gasteiger partial charge on any atom is 0.0983 e. The maximum atomic E-state index is 5.77. The van der Waals surface area contributed by atoms with Gasteiger partial charge in [-0.25, -0.2) is 0 Å². The highest BCUT2D eigenvalue weighted by molar-refractivity contribution is 5.09. The van der Waals surface area contributed by atoms with Gasteiger partial charge in [-0.05, 0) is 6.92 Å². The summed E-state index contributed by atoms with van der Waals surface area (Å²) in [7, 11) is 1.92. The lowest BCUT2D eigenvalue weighted by Crippen LogP contribution is -2.38. The summed E-state index contributed by atoms with van der Waals surface area (Å²) < 4.78 is 7.57. The number of aromatic nitrogens is 2. The van der Waals surface area contributed by atoms with Crippen LogP contribution < -0.4 is 5.32 Å². The van der Waals surface area contributed by atoms with Gasteiger partial charge in [-0.2, -0.15) is 5.10 Å². The van der Waals surface area contributed by atoms with Gasteiger partial charge in [-0.3, -0.25) is 4.68 Å². The molecule has 1 N–H and O–H groups in total. The van der Waals surface area contributed by atoms with Crippen LogP contribution in [-0.2, 0) is 11.8 Å². The molecule has 2 rings (SSSR count).